The van der Waals surface area contributed by atoms with Crippen molar-refractivity contribution in [1.82, 2.24) is 55.4 Å². The number of carboxylic acid groups (broad SMARTS) is 8. The number of nitrogens with zero attached hydrogens (tertiary/aromatic N) is 9. The molecule has 0 spiro atoms. The van der Waals surface area contributed by atoms with Crippen molar-refractivity contribution in [3.8, 4) is 0 Å². The van der Waals surface area contributed by atoms with Crippen LogP contribution in [0.1, 0.15) is 102 Å². The Morgan fingerprint density at radius 1 is 0.402 bits per heavy atom. The van der Waals surface area contributed by atoms with Crippen LogP contribution >= 0.6 is 0 Å². The Kier molecular flexibility index (Phi) is 50.9. The maximum Gasteiger partial charge on any atom is 0.326 e. The lowest BCUT2D eigenvalue weighted by atomic mass is 10.0. The first-order chi connectivity index (χ1) is 54.0. The molecule has 0 saturated carbocycles. The molecule has 1 aromatic heterocycles. The zero-order valence-electron chi connectivity index (χ0n) is 64.3. The lowest BCUT2D eigenvalue weighted by molar-refractivity contribution is -0.142. The summed E-state index contributed by atoms with van der Waals surface area (Å²) in [5, 5.41) is 89.5. The van der Waals surface area contributed by atoms with Gasteiger partial charge in [0.25, 0.3) is 0 Å². The molecule has 40 nitrogen and oxygen atoms in total. The summed E-state index contributed by atoms with van der Waals surface area (Å²) in [6.45, 7) is 10.0. The molecule has 634 valence electrons. The second-order valence-corrected chi connectivity index (χ2v) is 26.8. The van der Waals surface area contributed by atoms with Crippen molar-refractivity contribution in [2.45, 2.75) is 121 Å². The number of carbonyl (C=O) groups is 10. The molecule has 112 heavy (non-hydrogen) atoms. The molecule has 2 unspecified atom stereocenters. The summed E-state index contributed by atoms with van der Waals surface area (Å²) in [7, 11) is 0. The molecule has 3 atom stereocenters. The molecule has 4 rings (SSSR count). The molecule has 13 N–H and O–H groups in total. The van der Waals surface area contributed by atoms with Crippen LogP contribution in [0.2, 0.25) is 0 Å². The van der Waals surface area contributed by atoms with Crippen molar-refractivity contribution in [3.05, 3.63) is 29.8 Å². The van der Waals surface area contributed by atoms with Gasteiger partial charge in [-0.3, -0.25) is 58.1 Å². The van der Waals surface area contributed by atoms with E-state index < -0.39 is 84.9 Å². The van der Waals surface area contributed by atoms with E-state index in [1.54, 1.807) is 19.6 Å². The number of carboxylic acids is 8. The number of nitrogens with one attached hydrogen (secondary N) is 5. The van der Waals surface area contributed by atoms with E-state index in [0.717, 1.165) is 76.6 Å². The molecule has 3 amide bonds. The van der Waals surface area contributed by atoms with E-state index in [2.05, 4.69) is 36.4 Å². The van der Waals surface area contributed by atoms with Gasteiger partial charge in [0.2, 0.25) is 23.8 Å². The van der Waals surface area contributed by atoms with Crippen LogP contribution in [0.5, 0.6) is 0 Å². The van der Waals surface area contributed by atoms with Crippen molar-refractivity contribution in [2.24, 2.45) is 0 Å². The Labute approximate surface area is 652 Å². The normalized spacial score (nSPS) is 15.6. The van der Waals surface area contributed by atoms with Gasteiger partial charge in [-0.25, -0.2) is 14.4 Å². The number of piperazine rings is 1. The largest absolute Gasteiger partial charge is 0.481 e. The van der Waals surface area contributed by atoms with Crippen LogP contribution in [0.4, 0.5) is 28.3 Å². The Morgan fingerprint density at radius 2 is 0.839 bits per heavy atom. The second-order valence-electron chi connectivity index (χ2n) is 26.8. The molecule has 2 aromatic rings. The Hall–Kier alpha value is -8.39. The number of urea groups is 1. The summed E-state index contributed by atoms with van der Waals surface area (Å²) < 4.78 is 44.2. The van der Waals surface area contributed by atoms with Gasteiger partial charge in [0.05, 0.1) is 138 Å². The maximum absolute atomic E-state index is 12.5. The van der Waals surface area contributed by atoms with Crippen molar-refractivity contribution in [1.29, 1.82) is 0 Å². The molecular weight excluding hydrogens is 1480 g/mol. The van der Waals surface area contributed by atoms with Gasteiger partial charge in [0.1, 0.15) is 12.1 Å². The topological polar surface area (TPSA) is 525 Å². The molecule has 2 aliphatic heterocycles. The van der Waals surface area contributed by atoms with Crippen LogP contribution in [-0.4, -0.2) is 382 Å². The van der Waals surface area contributed by atoms with Crippen molar-refractivity contribution < 1.29 is 127 Å². The molecule has 2 saturated heterocycles. The van der Waals surface area contributed by atoms with Gasteiger partial charge < -0.3 is 110 Å². The first kappa shape index (κ1) is 96.0. The van der Waals surface area contributed by atoms with E-state index >= 15 is 0 Å². The van der Waals surface area contributed by atoms with Crippen LogP contribution in [0.15, 0.2) is 24.3 Å². The molecule has 3 heterocycles. The van der Waals surface area contributed by atoms with Crippen LogP contribution < -0.4 is 31.5 Å². The first-order valence-electron chi connectivity index (χ1n) is 38.5. The highest BCUT2D eigenvalue weighted by Gasteiger charge is 2.30. The maximum atomic E-state index is 12.5. The first-order valence-corrected chi connectivity index (χ1v) is 38.5. The zero-order valence-corrected chi connectivity index (χ0v) is 64.3. The quantitative estimate of drug-likeness (QED) is 0.0412. The summed E-state index contributed by atoms with van der Waals surface area (Å²) in [6.07, 6.45) is 8.60. The molecule has 0 radical (unpaired) electrons. The number of aromatic nitrogens is 3. The fraction of sp³-hybridized carbons (Fsp3) is 0.736. The number of unbranched alkanes of at least 4 members (excludes halogenated alkanes) is 8. The van der Waals surface area contributed by atoms with Crippen LogP contribution in [0.25, 0.3) is 0 Å². The number of anilines is 4. The summed E-state index contributed by atoms with van der Waals surface area (Å²) in [5.74, 6) is -8.36. The molecular formula is C72H120N14O26. The number of carbonyl (C=O) groups excluding carboxylic acids is 2. The second kappa shape index (κ2) is 59.3. The van der Waals surface area contributed by atoms with E-state index in [-0.39, 0.29) is 110 Å². The molecule has 1 aromatic carbocycles. The lowest BCUT2D eigenvalue weighted by Crippen LogP contribution is -2.53. The van der Waals surface area contributed by atoms with Crippen molar-refractivity contribution in [3.63, 3.8) is 0 Å². The predicted octanol–water partition coefficient (Wildman–Crippen LogP) is 1.10. The van der Waals surface area contributed by atoms with Gasteiger partial charge in [-0.1, -0.05) is 50.7 Å². The number of rotatable bonds is 64. The molecule has 40 heteroatoms. The van der Waals surface area contributed by atoms with E-state index in [1.165, 1.54) is 0 Å². The summed E-state index contributed by atoms with van der Waals surface area (Å²) >= 11 is 0. The smallest absolute Gasteiger partial charge is 0.326 e. The molecule has 2 aliphatic rings. The third-order valence-corrected chi connectivity index (χ3v) is 17.8. The minimum absolute atomic E-state index is 0.0334. The lowest BCUT2D eigenvalue weighted by Gasteiger charge is -2.37. The van der Waals surface area contributed by atoms with Crippen LogP contribution in [0, 0.1) is 0 Å². The zero-order chi connectivity index (χ0) is 81.4. The fourth-order valence-corrected chi connectivity index (χ4v) is 11.9. The van der Waals surface area contributed by atoms with Gasteiger partial charge in [-0.05, 0) is 69.2 Å². The molecule has 0 aliphatic carbocycles. The number of amides is 3. The third-order valence-electron chi connectivity index (χ3n) is 17.8. The van der Waals surface area contributed by atoms with Crippen LogP contribution in [-0.2, 0) is 87.5 Å². The number of ether oxygens (including phenoxy) is 8. The summed E-state index contributed by atoms with van der Waals surface area (Å²) in [4.78, 5) is 143. The van der Waals surface area contributed by atoms with E-state index in [0.29, 0.717) is 162 Å². The van der Waals surface area contributed by atoms with E-state index in [1.807, 2.05) is 24.3 Å². The van der Waals surface area contributed by atoms with Gasteiger partial charge in [0, 0.05) is 110 Å². The number of hydrogen-bond donors (Lipinski definition) is 13. The number of benzene rings is 1. The molecule has 2 fully saturated rings. The fourth-order valence-electron chi connectivity index (χ4n) is 11.9. The highest BCUT2D eigenvalue weighted by molar-refractivity contribution is 5.86. The van der Waals surface area contributed by atoms with Crippen molar-refractivity contribution in [2.75, 3.05) is 239 Å². The summed E-state index contributed by atoms with van der Waals surface area (Å²) in [6, 6.07) is 2.99. The average molecular weight is 1600 g/mol. The third kappa shape index (κ3) is 47.9. The van der Waals surface area contributed by atoms with Gasteiger partial charge in [0.15, 0.2) is 0 Å². The monoisotopic (exact) mass is 1600 g/mol. The van der Waals surface area contributed by atoms with Gasteiger partial charge in [-0.15, -0.1) is 0 Å². The van der Waals surface area contributed by atoms with E-state index in [9.17, 15) is 78.6 Å². The average Bonchev–Trinajstić information content (AvgIpc) is 0.820. The van der Waals surface area contributed by atoms with Gasteiger partial charge in [-0.2, -0.15) is 15.0 Å². The van der Waals surface area contributed by atoms with Crippen molar-refractivity contribution >= 4 is 83.2 Å². The Morgan fingerprint density at radius 3 is 1.34 bits per heavy atom. The molecule has 0 bridgehead atoms. The SMILES string of the molecule is O=C(O)CCOCCOCCOCCOCCOCCOCCOCCOCCNc1nc(Nc2ccc(CC3CN(CC(=O)O)CCN(CC(=O)O)CCN(CC(=O)O)CCN3CC(=O)O)cc2)nc(N2CCN(CCCCCCCCCCC(=O)NCCCC[C@H](NC(=O)NC(CCC(=O)O)C(=O)O)C(=O)O)CC2)n1. The Balaban J connectivity index is 1.23. The highest BCUT2D eigenvalue weighted by Crippen LogP contribution is 2.22. The number of aliphatic carboxylic acids is 8. The van der Waals surface area contributed by atoms with E-state index in [4.69, 9.17) is 63.1 Å². The van der Waals surface area contributed by atoms with Gasteiger partial charge >= 0.3 is 53.8 Å². The van der Waals surface area contributed by atoms with Crippen LogP contribution in [0.3, 0.4) is 0 Å². The summed E-state index contributed by atoms with van der Waals surface area (Å²) in [5.41, 5.74) is 1.43. The number of hydrogen-bond acceptors (Lipinski definition) is 29. The predicted molar refractivity (Wildman–Crippen MR) is 404 cm³/mol. The standard InChI is InChI=1S/C72H120N14O26/c87-60(73-20-9-8-11-58(67(100)101)76-72(104)77-59(68(102)103)17-18-61(88)89)12-7-5-3-1-2-4-6-10-22-81-27-30-85(31-28-81)71-79-69(74-21-34-106-36-38-108-40-42-110-44-46-112-48-47-111-45-43-109-41-39-107-37-35-105-33-19-62(90)91)78-70(80-71)75-56-15-13-55(14-16-56)49-57-50-84(53-65(96)97)26-25-82(51-63(92)93)23-24-83(52-64(94)95)29-32-86(57)54-66(98)99/h13-16,57-59H,1-12,17-54H2,(H,73,87)(H,88,89)(H,90,91)(H,92,93)(H,94,95)(H,96,97)(H,98,99)(H,100,101)(H,102,103)(H2,76,77,104)(H2,74,75,78,79,80)/t57?,58-,59?/m0/s1. The highest BCUT2D eigenvalue weighted by atomic mass is 16.6. The Bertz CT molecular complexity index is 3040. The minimum Gasteiger partial charge on any atom is -0.481 e. The minimum atomic E-state index is -1.50.